The topological polar surface area (TPSA) is 31.4 Å². The first-order valence-corrected chi connectivity index (χ1v) is 8.90. The van der Waals surface area contributed by atoms with Gasteiger partial charge in [-0.3, -0.25) is 4.90 Å². The third-order valence-corrected chi connectivity index (χ3v) is 5.33. The summed E-state index contributed by atoms with van der Waals surface area (Å²) < 4.78 is 0. The van der Waals surface area contributed by atoms with E-state index in [1.807, 2.05) is 6.20 Å². The molecule has 0 radical (unpaired) electrons. The maximum Gasteiger partial charge on any atom is 0.185 e. The smallest absolute Gasteiger partial charge is 0.185 e. The van der Waals surface area contributed by atoms with Crippen molar-refractivity contribution in [1.29, 1.82) is 0 Å². The fourth-order valence-electron chi connectivity index (χ4n) is 3.27. The standard InChI is InChI=1S/C15H26N4S/c1-2-5-14(4-1)16-6-3-8-18-9-11-19(12-10-18)15-17-7-13-20-15/h7,13-14,16H,1-6,8-12H2. The fraction of sp³-hybridized carbons (Fsp3) is 0.800. The van der Waals surface area contributed by atoms with E-state index < -0.39 is 0 Å². The second-order valence-electron chi connectivity index (χ2n) is 5.93. The quantitative estimate of drug-likeness (QED) is 0.815. The van der Waals surface area contributed by atoms with E-state index in [4.69, 9.17) is 0 Å². The van der Waals surface area contributed by atoms with Gasteiger partial charge in [-0.2, -0.15) is 0 Å². The Morgan fingerprint density at radius 1 is 1.20 bits per heavy atom. The predicted molar refractivity (Wildman–Crippen MR) is 85.6 cm³/mol. The highest BCUT2D eigenvalue weighted by Gasteiger charge is 2.18. The summed E-state index contributed by atoms with van der Waals surface area (Å²) in [4.78, 5) is 9.41. The fourth-order valence-corrected chi connectivity index (χ4v) is 3.97. The largest absolute Gasteiger partial charge is 0.346 e. The Kier molecular flexibility index (Phi) is 5.28. The lowest BCUT2D eigenvalue weighted by molar-refractivity contribution is 0.252. The Labute approximate surface area is 126 Å². The van der Waals surface area contributed by atoms with E-state index in [1.54, 1.807) is 11.3 Å². The summed E-state index contributed by atoms with van der Waals surface area (Å²) >= 11 is 1.75. The number of hydrogen-bond donors (Lipinski definition) is 1. The van der Waals surface area contributed by atoms with Crippen LogP contribution in [0.5, 0.6) is 0 Å². The van der Waals surface area contributed by atoms with Crippen LogP contribution in [-0.2, 0) is 0 Å². The van der Waals surface area contributed by atoms with Crippen LogP contribution in [0.4, 0.5) is 5.13 Å². The zero-order chi connectivity index (χ0) is 13.6. The maximum absolute atomic E-state index is 4.40. The number of aromatic nitrogens is 1. The van der Waals surface area contributed by atoms with Gasteiger partial charge in [0.2, 0.25) is 0 Å². The molecule has 1 aromatic heterocycles. The van der Waals surface area contributed by atoms with Gasteiger partial charge in [-0.15, -0.1) is 11.3 Å². The summed E-state index contributed by atoms with van der Waals surface area (Å²) in [7, 11) is 0. The number of nitrogens with one attached hydrogen (secondary N) is 1. The third kappa shape index (κ3) is 3.93. The van der Waals surface area contributed by atoms with Gasteiger partial charge in [0.15, 0.2) is 5.13 Å². The van der Waals surface area contributed by atoms with Gasteiger partial charge in [-0.05, 0) is 32.4 Å². The molecule has 112 valence electrons. The molecule has 20 heavy (non-hydrogen) atoms. The van der Waals surface area contributed by atoms with Crippen molar-refractivity contribution >= 4 is 16.5 Å². The number of thiazole rings is 1. The van der Waals surface area contributed by atoms with Crippen LogP contribution in [0.3, 0.4) is 0 Å². The highest BCUT2D eigenvalue weighted by Crippen LogP contribution is 2.19. The Hall–Kier alpha value is -0.650. The Morgan fingerprint density at radius 3 is 2.70 bits per heavy atom. The molecule has 5 heteroatoms. The molecule has 2 aliphatic rings. The summed E-state index contributed by atoms with van der Waals surface area (Å²) in [6.07, 6.45) is 8.83. The van der Waals surface area contributed by atoms with Crippen molar-refractivity contribution in [3.63, 3.8) is 0 Å². The van der Waals surface area contributed by atoms with Crippen LogP contribution < -0.4 is 10.2 Å². The monoisotopic (exact) mass is 294 g/mol. The predicted octanol–water partition coefficient (Wildman–Crippen LogP) is 2.19. The zero-order valence-electron chi connectivity index (χ0n) is 12.3. The molecule has 0 bridgehead atoms. The SMILES string of the molecule is c1csc(N2CCN(CCCNC3CCCC3)CC2)n1. The van der Waals surface area contributed by atoms with Crippen LogP contribution >= 0.6 is 11.3 Å². The number of piperazine rings is 1. The summed E-state index contributed by atoms with van der Waals surface area (Å²) in [5, 5.41) is 6.96. The number of hydrogen-bond acceptors (Lipinski definition) is 5. The summed E-state index contributed by atoms with van der Waals surface area (Å²) in [5.41, 5.74) is 0. The van der Waals surface area contributed by atoms with Gasteiger partial charge in [0.05, 0.1) is 0 Å². The molecule has 2 fully saturated rings. The van der Waals surface area contributed by atoms with Crippen LogP contribution in [0.25, 0.3) is 0 Å². The van der Waals surface area contributed by atoms with Crippen molar-refractivity contribution in [2.75, 3.05) is 44.2 Å². The average Bonchev–Trinajstić information content (AvgIpc) is 3.17. The lowest BCUT2D eigenvalue weighted by Gasteiger charge is -2.34. The molecule has 1 aromatic rings. The molecule has 0 aromatic carbocycles. The second kappa shape index (κ2) is 7.38. The Morgan fingerprint density at radius 2 is 2.00 bits per heavy atom. The lowest BCUT2D eigenvalue weighted by Crippen LogP contribution is -2.47. The number of nitrogens with zero attached hydrogens (tertiary/aromatic N) is 3. The first-order chi connectivity index (χ1) is 9.92. The van der Waals surface area contributed by atoms with Crippen molar-refractivity contribution in [3.8, 4) is 0 Å². The minimum absolute atomic E-state index is 0.816. The van der Waals surface area contributed by atoms with Crippen molar-refractivity contribution < 1.29 is 0 Å². The molecule has 0 spiro atoms. The van der Waals surface area contributed by atoms with Crippen molar-refractivity contribution in [2.24, 2.45) is 0 Å². The summed E-state index contributed by atoms with van der Waals surface area (Å²) in [5.74, 6) is 0. The van der Waals surface area contributed by atoms with Crippen LogP contribution in [0.2, 0.25) is 0 Å². The van der Waals surface area contributed by atoms with Gasteiger partial charge in [0.1, 0.15) is 0 Å². The van der Waals surface area contributed by atoms with E-state index in [0.717, 1.165) is 19.1 Å². The normalized spacial score (nSPS) is 21.7. The summed E-state index contributed by atoms with van der Waals surface area (Å²) in [6.45, 7) is 7.06. The minimum Gasteiger partial charge on any atom is -0.346 e. The molecule has 1 N–H and O–H groups in total. The Bertz CT molecular complexity index is 367. The molecule has 3 rings (SSSR count). The lowest BCUT2D eigenvalue weighted by atomic mass is 10.2. The van der Waals surface area contributed by atoms with E-state index in [-0.39, 0.29) is 0 Å². The van der Waals surface area contributed by atoms with Gasteiger partial charge in [0.25, 0.3) is 0 Å². The van der Waals surface area contributed by atoms with Crippen LogP contribution in [0.1, 0.15) is 32.1 Å². The molecule has 1 saturated heterocycles. The molecule has 0 unspecified atom stereocenters. The molecule has 4 nitrogen and oxygen atoms in total. The van der Waals surface area contributed by atoms with E-state index in [0.29, 0.717) is 0 Å². The summed E-state index contributed by atoms with van der Waals surface area (Å²) in [6, 6.07) is 0.816. The van der Waals surface area contributed by atoms with E-state index in [1.165, 1.54) is 63.4 Å². The molecule has 0 atom stereocenters. The highest BCUT2D eigenvalue weighted by molar-refractivity contribution is 7.13. The molecule has 1 aliphatic heterocycles. The molecular weight excluding hydrogens is 268 g/mol. The molecule has 0 amide bonds. The number of anilines is 1. The van der Waals surface area contributed by atoms with Gasteiger partial charge in [-0.1, -0.05) is 12.8 Å². The van der Waals surface area contributed by atoms with E-state index in [2.05, 4.69) is 25.5 Å². The van der Waals surface area contributed by atoms with Crippen LogP contribution in [0.15, 0.2) is 11.6 Å². The Balaban J connectivity index is 1.28. The van der Waals surface area contributed by atoms with Gasteiger partial charge in [0, 0.05) is 43.8 Å². The van der Waals surface area contributed by atoms with Crippen molar-refractivity contribution in [1.82, 2.24) is 15.2 Å². The van der Waals surface area contributed by atoms with E-state index in [9.17, 15) is 0 Å². The molecule has 1 saturated carbocycles. The van der Waals surface area contributed by atoms with Crippen molar-refractivity contribution in [3.05, 3.63) is 11.6 Å². The van der Waals surface area contributed by atoms with Gasteiger partial charge >= 0.3 is 0 Å². The minimum atomic E-state index is 0.816. The van der Waals surface area contributed by atoms with Crippen LogP contribution in [0, 0.1) is 0 Å². The third-order valence-electron chi connectivity index (χ3n) is 4.50. The average molecular weight is 294 g/mol. The van der Waals surface area contributed by atoms with Gasteiger partial charge in [-0.25, -0.2) is 4.98 Å². The first-order valence-electron chi connectivity index (χ1n) is 8.02. The zero-order valence-corrected chi connectivity index (χ0v) is 13.1. The molecule has 1 aliphatic carbocycles. The van der Waals surface area contributed by atoms with Crippen molar-refractivity contribution in [2.45, 2.75) is 38.1 Å². The highest BCUT2D eigenvalue weighted by atomic mass is 32.1. The van der Waals surface area contributed by atoms with E-state index >= 15 is 0 Å². The molecular formula is C15H26N4S. The maximum atomic E-state index is 4.40. The van der Waals surface area contributed by atoms with Crippen LogP contribution in [-0.4, -0.2) is 55.2 Å². The van der Waals surface area contributed by atoms with Gasteiger partial charge < -0.3 is 10.2 Å². The first kappa shape index (κ1) is 14.3. The number of rotatable bonds is 6. The molecule has 2 heterocycles. The second-order valence-corrected chi connectivity index (χ2v) is 6.81.